The molecule has 0 radical (unpaired) electrons. The number of esters is 1. The van der Waals surface area contributed by atoms with Gasteiger partial charge in [-0.2, -0.15) is 0 Å². The van der Waals surface area contributed by atoms with Crippen LogP contribution in [0, 0.1) is 20.8 Å². The second kappa shape index (κ2) is 9.40. The van der Waals surface area contributed by atoms with E-state index < -0.39 is 24.4 Å². The smallest absolute Gasteiger partial charge is 0.340 e. The topological polar surface area (TPSA) is 115 Å². The first-order chi connectivity index (χ1) is 14.3. The largest absolute Gasteiger partial charge is 0.467 e. The van der Waals surface area contributed by atoms with Gasteiger partial charge in [0.1, 0.15) is 10.8 Å². The van der Waals surface area contributed by atoms with Gasteiger partial charge in [-0.05, 0) is 39.0 Å². The monoisotopic (exact) mass is 430 g/mol. The molecule has 2 amide bonds. The molecule has 3 aromatic heterocycles. The van der Waals surface area contributed by atoms with Gasteiger partial charge in [-0.3, -0.25) is 20.4 Å². The summed E-state index contributed by atoms with van der Waals surface area (Å²) in [6.07, 6.45) is 1.65. The summed E-state index contributed by atoms with van der Waals surface area (Å²) in [5.41, 5.74) is 7.28. The van der Waals surface area contributed by atoms with Gasteiger partial charge in [0.15, 0.2) is 6.61 Å². The summed E-state index contributed by atoms with van der Waals surface area (Å²) in [6, 6.07) is 5.36. The summed E-state index contributed by atoms with van der Waals surface area (Å²) in [6.45, 7) is 5.48. The number of aromatic nitrogens is 2. The van der Waals surface area contributed by atoms with Crippen LogP contribution in [0.25, 0.3) is 0 Å². The van der Waals surface area contributed by atoms with E-state index in [1.54, 1.807) is 25.3 Å². The zero-order chi connectivity index (χ0) is 21.7. The fourth-order valence-corrected chi connectivity index (χ4v) is 3.63. The third-order valence-corrected chi connectivity index (χ3v) is 5.31. The lowest BCUT2D eigenvalue weighted by Crippen LogP contribution is -2.44. The highest BCUT2D eigenvalue weighted by atomic mass is 32.1. The minimum absolute atomic E-state index is 0.0558. The molecule has 0 spiro atoms. The van der Waals surface area contributed by atoms with Crippen LogP contribution in [0.4, 0.5) is 0 Å². The Balaban J connectivity index is 1.48. The summed E-state index contributed by atoms with van der Waals surface area (Å²) in [5.74, 6) is -0.907. The summed E-state index contributed by atoms with van der Waals surface area (Å²) in [5, 5.41) is 2.49. The van der Waals surface area contributed by atoms with Gasteiger partial charge >= 0.3 is 5.97 Å². The van der Waals surface area contributed by atoms with E-state index in [2.05, 4.69) is 15.8 Å². The van der Waals surface area contributed by atoms with Crippen LogP contribution < -0.4 is 10.9 Å². The number of rotatable bonds is 7. The number of carbonyl (C=O) groups is 3. The Morgan fingerprint density at radius 2 is 1.97 bits per heavy atom. The van der Waals surface area contributed by atoms with Crippen molar-refractivity contribution in [1.82, 2.24) is 20.4 Å². The van der Waals surface area contributed by atoms with Gasteiger partial charge in [-0.15, -0.1) is 11.3 Å². The molecule has 30 heavy (non-hydrogen) atoms. The highest BCUT2D eigenvalue weighted by Gasteiger charge is 2.19. The molecule has 0 aliphatic rings. The third-order valence-electron chi connectivity index (χ3n) is 4.34. The van der Waals surface area contributed by atoms with Gasteiger partial charge in [0.25, 0.3) is 5.91 Å². The highest BCUT2D eigenvalue weighted by Crippen LogP contribution is 2.18. The van der Waals surface area contributed by atoms with Crippen LogP contribution in [0.1, 0.15) is 38.2 Å². The van der Waals surface area contributed by atoms with Gasteiger partial charge < -0.3 is 13.7 Å². The van der Waals surface area contributed by atoms with E-state index in [0.29, 0.717) is 22.8 Å². The number of furan rings is 1. The number of aryl methyl sites for hydroxylation is 2. The van der Waals surface area contributed by atoms with Crippen molar-refractivity contribution in [2.24, 2.45) is 0 Å². The fourth-order valence-electron chi connectivity index (χ4n) is 2.86. The molecule has 0 aliphatic carbocycles. The lowest BCUT2D eigenvalue weighted by Gasteiger charge is -2.09. The van der Waals surface area contributed by atoms with Crippen LogP contribution >= 0.6 is 11.3 Å². The molecule has 0 aliphatic heterocycles. The maximum Gasteiger partial charge on any atom is 0.340 e. The number of hydrazine groups is 1. The quantitative estimate of drug-likeness (QED) is 0.438. The summed E-state index contributed by atoms with van der Waals surface area (Å²) >= 11 is 1.37. The number of nitrogens with one attached hydrogen (secondary N) is 2. The molecule has 0 unspecified atom stereocenters. The van der Waals surface area contributed by atoms with Gasteiger partial charge in [-0.25, -0.2) is 9.78 Å². The molecule has 0 aromatic carbocycles. The van der Waals surface area contributed by atoms with Gasteiger partial charge in [0.05, 0.1) is 24.8 Å². The van der Waals surface area contributed by atoms with Crippen molar-refractivity contribution in [3.05, 3.63) is 63.3 Å². The first kappa shape index (κ1) is 21.3. The van der Waals surface area contributed by atoms with Crippen molar-refractivity contribution in [1.29, 1.82) is 0 Å². The summed E-state index contributed by atoms with van der Waals surface area (Å²) in [4.78, 5) is 40.3. The van der Waals surface area contributed by atoms with Crippen molar-refractivity contribution in [3.63, 3.8) is 0 Å². The molecule has 0 bridgehead atoms. The second-order valence-electron chi connectivity index (χ2n) is 6.68. The van der Waals surface area contributed by atoms with E-state index >= 15 is 0 Å². The SMILES string of the molecule is Cc1csc(CC(=O)NNC(=O)COC(=O)c2cc(C)n(Cc3ccco3)c2C)n1. The van der Waals surface area contributed by atoms with Crippen molar-refractivity contribution in [3.8, 4) is 0 Å². The maximum atomic E-state index is 12.4. The van der Waals surface area contributed by atoms with Crippen LogP contribution in [-0.4, -0.2) is 33.9 Å². The molecule has 2 N–H and O–H groups in total. The second-order valence-corrected chi connectivity index (χ2v) is 7.62. The minimum atomic E-state index is -0.642. The zero-order valence-corrected chi connectivity index (χ0v) is 17.7. The number of nitrogens with zero attached hydrogens (tertiary/aromatic N) is 2. The lowest BCUT2D eigenvalue weighted by atomic mass is 10.2. The standard InChI is InChI=1S/C20H22N4O5S/c1-12-11-30-19(21-12)8-17(25)22-23-18(26)10-29-20(27)16-7-13(2)24(14(16)3)9-15-5-4-6-28-15/h4-7,11H,8-10H2,1-3H3,(H,22,25)(H,23,26). The predicted octanol–water partition coefficient (Wildman–Crippen LogP) is 2.06. The molecule has 0 saturated heterocycles. The third kappa shape index (κ3) is 5.35. The molecule has 9 nitrogen and oxygen atoms in total. The Kier molecular flexibility index (Phi) is 6.68. The molecule has 3 aromatic rings. The number of thiazole rings is 1. The van der Waals surface area contributed by atoms with Crippen LogP contribution in [0.2, 0.25) is 0 Å². The van der Waals surface area contributed by atoms with E-state index in [0.717, 1.165) is 17.1 Å². The van der Waals surface area contributed by atoms with Crippen LogP contribution in [0.3, 0.4) is 0 Å². The van der Waals surface area contributed by atoms with E-state index in [1.165, 1.54) is 11.3 Å². The zero-order valence-electron chi connectivity index (χ0n) is 16.9. The van der Waals surface area contributed by atoms with Crippen molar-refractivity contribution < 1.29 is 23.5 Å². The number of ether oxygens (including phenoxy) is 1. The maximum absolute atomic E-state index is 12.4. The Bertz CT molecular complexity index is 1050. The molecular weight excluding hydrogens is 408 g/mol. The Hall–Kier alpha value is -3.40. The van der Waals surface area contributed by atoms with Crippen molar-refractivity contribution in [2.75, 3.05) is 6.61 Å². The first-order valence-corrected chi connectivity index (χ1v) is 10.1. The van der Waals surface area contributed by atoms with Gasteiger partial charge in [-0.1, -0.05) is 0 Å². The summed E-state index contributed by atoms with van der Waals surface area (Å²) in [7, 11) is 0. The average Bonchev–Trinajstić information content (AvgIpc) is 3.43. The summed E-state index contributed by atoms with van der Waals surface area (Å²) < 4.78 is 12.4. The van der Waals surface area contributed by atoms with Crippen molar-refractivity contribution in [2.45, 2.75) is 33.7 Å². The minimum Gasteiger partial charge on any atom is -0.467 e. The number of amides is 2. The Morgan fingerprint density at radius 1 is 1.20 bits per heavy atom. The molecule has 158 valence electrons. The number of hydrogen-bond acceptors (Lipinski definition) is 7. The molecule has 3 rings (SSSR count). The predicted molar refractivity (Wildman–Crippen MR) is 109 cm³/mol. The average molecular weight is 430 g/mol. The normalized spacial score (nSPS) is 10.6. The van der Waals surface area contributed by atoms with E-state index in [-0.39, 0.29) is 6.42 Å². The first-order valence-electron chi connectivity index (χ1n) is 9.18. The highest BCUT2D eigenvalue weighted by molar-refractivity contribution is 7.09. The molecule has 0 atom stereocenters. The molecule has 10 heteroatoms. The van der Waals surface area contributed by atoms with Crippen LogP contribution in [-0.2, 0) is 27.3 Å². The van der Waals surface area contributed by atoms with E-state index in [1.807, 2.05) is 29.9 Å². The Morgan fingerprint density at radius 3 is 2.63 bits per heavy atom. The molecule has 0 fully saturated rings. The van der Waals surface area contributed by atoms with Crippen LogP contribution in [0.5, 0.6) is 0 Å². The molecule has 3 heterocycles. The Labute approximate surface area is 177 Å². The lowest BCUT2D eigenvalue weighted by molar-refractivity contribution is -0.130. The van der Waals surface area contributed by atoms with Gasteiger partial charge in [0, 0.05) is 22.5 Å². The number of hydrogen-bond donors (Lipinski definition) is 2. The molecule has 0 saturated carbocycles. The van der Waals surface area contributed by atoms with E-state index in [9.17, 15) is 14.4 Å². The fraction of sp³-hybridized carbons (Fsp3) is 0.300. The van der Waals surface area contributed by atoms with Crippen LogP contribution in [0.15, 0.2) is 34.3 Å². The number of carbonyl (C=O) groups excluding carboxylic acids is 3. The molecular formula is C20H22N4O5S. The van der Waals surface area contributed by atoms with Gasteiger partial charge in [0.2, 0.25) is 5.91 Å². The van der Waals surface area contributed by atoms with E-state index in [4.69, 9.17) is 9.15 Å². The van der Waals surface area contributed by atoms with Crippen molar-refractivity contribution >= 4 is 29.1 Å².